The zero-order valence-corrected chi connectivity index (χ0v) is 25.0. The van der Waals surface area contributed by atoms with E-state index >= 15 is 0 Å². The molecule has 1 unspecified atom stereocenters. The first-order valence-corrected chi connectivity index (χ1v) is 14.1. The Kier molecular flexibility index (Phi) is 13.2. The third kappa shape index (κ3) is 9.01. The molecule has 0 spiro atoms. The second kappa shape index (κ2) is 16.3. The van der Waals surface area contributed by atoms with Gasteiger partial charge in [0.05, 0.1) is 17.3 Å². The standard InChI is InChI=1S/C28H39N7O4.C2H6/c1-5-6-7-24(33(4)20(2)8-11-27(38)31-18-36)25(32(3)19-37)17-34-13-23(14-34)28(39)35-15-22(16-35)21-9-10-26(29)30-12-21;1-2/h5-7,9-10,12,18-20,22-23H,1,8,11,13-17H2,2-4H3,(H2,29,30)(H,31,36,38);1-2H3/b7-6-,25-24-;. The Bertz CT molecular complexity index is 1110. The Hall–Kier alpha value is -3.99. The van der Waals surface area contributed by atoms with Crippen molar-refractivity contribution in [3.05, 3.63) is 60.1 Å². The Morgan fingerprint density at radius 3 is 2.44 bits per heavy atom. The van der Waals surface area contributed by atoms with Gasteiger partial charge in [-0.2, -0.15) is 0 Å². The van der Waals surface area contributed by atoms with Gasteiger partial charge < -0.3 is 20.4 Å². The maximum atomic E-state index is 13.0. The lowest BCUT2D eigenvalue weighted by atomic mass is 9.89. The van der Waals surface area contributed by atoms with Gasteiger partial charge in [0.25, 0.3) is 0 Å². The lowest BCUT2D eigenvalue weighted by molar-refractivity contribution is -0.145. The Labute approximate surface area is 243 Å². The molecular formula is C30H45N7O4. The van der Waals surface area contributed by atoms with Crippen molar-refractivity contribution in [2.45, 2.75) is 45.6 Å². The third-order valence-electron chi connectivity index (χ3n) is 7.47. The van der Waals surface area contributed by atoms with E-state index in [0.29, 0.717) is 51.4 Å². The number of rotatable bonds is 14. The highest BCUT2D eigenvalue weighted by Crippen LogP contribution is 2.31. The number of hydrogen-bond donors (Lipinski definition) is 2. The molecule has 1 aromatic heterocycles. The number of likely N-dealkylation sites (tertiary alicyclic amines) is 2. The van der Waals surface area contributed by atoms with Crippen molar-refractivity contribution in [3.8, 4) is 0 Å². The maximum Gasteiger partial charge on any atom is 0.228 e. The van der Waals surface area contributed by atoms with Gasteiger partial charge >= 0.3 is 0 Å². The van der Waals surface area contributed by atoms with Crippen molar-refractivity contribution < 1.29 is 19.2 Å². The Morgan fingerprint density at radius 1 is 1.20 bits per heavy atom. The summed E-state index contributed by atoms with van der Waals surface area (Å²) in [5.41, 5.74) is 8.35. The first kappa shape index (κ1) is 33.2. The quantitative estimate of drug-likeness (QED) is 0.258. The van der Waals surface area contributed by atoms with Crippen molar-refractivity contribution in [1.29, 1.82) is 0 Å². The second-order valence-corrected chi connectivity index (χ2v) is 10.2. The number of imide groups is 1. The number of nitrogens with two attached hydrogens (primary N) is 1. The van der Waals surface area contributed by atoms with E-state index < -0.39 is 0 Å². The number of hydrogen-bond acceptors (Lipinski definition) is 8. The first-order chi connectivity index (χ1) is 19.7. The van der Waals surface area contributed by atoms with Gasteiger partial charge in [0.15, 0.2) is 0 Å². The molecule has 1 atom stereocenters. The summed E-state index contributed by atoms with van der Waals surface area (Å²) in [5.74, 6) is 0.526. The van der Waals surface area contributed by atoms with E-state index in [1.165, 1.54) is 0 Å². The van der Waals surface area contributed by atoms with Crippen LogP contribution >= 0.6 is 0 Å². The predicted octanol–water partition coefficient (Wildman–Crippen LogP) is 1.96. The molecule has 0 radical (unpaired) electrons. The van der Waals surface area contributed by atoms with Crippen LogP contribution in [0, 0.1) is 5.92 Å². The number of nitrogen functional groups attached to an aromatic ring is 1. The van der Waals surface area contributed by atoms with E-state index in [-0.39, 0.29) is 36.1 Å². The Balaban J connectivity index is 0.00000287. The lowest BCUT2D eigenvalue weighted by Crippen LogP contribution is -2.59. The zero-order chi connectivity index (χ0) is 30.5. The van der Waals surface area contributed by atoms with Crippen LogP contribution in [0.15, 0.2) is 54.5 Å². The fourth-order valence-corrected chi connectivity index (χ4v) is 4.78. The van der Waals surface area contributed by atoms with Gasteiger partial charge in [0.1, 0.15) is 5.82 Å². The van der Waals surface area contributed by atoms with Crippen molar-refractivity contribution >= 4 is 30.5 Å². The highest BCUT2D eigenvalue weighted by Gasteiger charge is 2.40. The number of anilines is 1. The molecule has 2 aliphatic rings. The van der Waals surface area contributed by atoms with Crippen LogP contribution < -0.4 is 11.1 Å². The molecular weight excluding hydrogens is 522 g/mol. The van der Waals surface area contributed by atoms with Crippen LogP contribution in [0.25, 0.3) is 0 Å². The van der Waals surface area contributed by atoms with Gasteiger partial charge in [-0.25, -0.2) is 4.98 Å². The van der Waals surface area contributed by atoms with Crippen molar-refractivity contribution in [1.82, 2.24) is 29.9 Å². The number of allylic oxidation sites excluding steroid dienone is 3. The first-order valence-electron chi connectivity index (χ1n) is 14.1. The molecule has 0 bridgehead atoms. The number of pyridine rings is 1. The largest absolute Gasteiger partial charge is 0.384 e. The summed E-state index contributed by atoms with van der Waals surface area (Å²) < 4.78 is 0. The minimum absolute atomic E-state index is 0.0525. The average molecular weight is 568 g/mol. The van der Waals surface area contributed by atoms with Gasteiger partial charge in [-0.3, -0.25) is 29.4 Å². The summed E-state index contributed by atoms with van der Waals surface area (Å²) in [6, 6.07) is 3.70. The second-order valence-electron chi connectivity index (χ2n) is 10.2. The molecule has 2 fully saturated rings. The number of carbonyl (C=O) groups excluding carboxylic acids is 4. The number of carbonyl (C=O) groups is 4. The smallest absolute Gasteiger partial charge is 0.228 e. The van der Waals surface area contributed by atoms with Crippen LogP contribution in [0.2, 0.25) is 0 Å². The minimum Gasteiger partial charge on any atom is -0.384 e. The van der Waals surface area contributed by atoms with Gasteiger partial charge in [0.2, 0.25) is 24.6 Å². The molecule has 3 rings (SSSR count). The highest BCUT2D eigenvalue weighted by molar-refractivity contribution is 5.85. The number of amides is 4. The van der Waals surface area contributed by atoms with Gasteiger partial charge in [-0.1, -0.05) is 38.6 Å². The number of likely N-dealkylation sites (N-methyl/N-ethyl adjacent to an activating group) is 2. The van der Waals surface area contributed by atoms with Crippen LogP contribution in [0.3, 0.4) is 0 Å². The maximum absolute atomic E-state index is 13.0. The minimum atomic E-state index is -0.336. The molecule has 4 amide bonds. The predicted molar refractivity (Wildman–Crippen MR) is 160 cm³/mol. The summed E-state index contributed by atoms with van der Waals surface area (Å²) in [7, 11) is 3.61. The molecule has 1 aromatic rings. The number of nitrogens with zero attached hydrogens (tertiary/aromatic N) is 5. The summed E-state index contributed by atoms with van der Waals surface area (Å²) >= 11 is 0. The molecule has 0 aromatic carbocycles. The lowest BCUT2D eigenvalue weighted by Gasteiger charge is -2.46. The molecule has 41 heavy (non-hydrogen) atoms. The van der Waals surface area contributed by atoms with Crippen molar-refractivity contribution in [2.24, 2.45) is 5.92 Å². The van der Waals surface area contributed by atoms with E-state index in [2.05, 4.69) is 21.8 Å². The fourth-order valence-electron chi connectivity index (χ4n) is 4.78. The molecule has 0 aliphatic carbocycles. The molecule has 224 valence electrons. The fraction of sp³-hybridized carbons (Fsp3) is 0.500. The van der Waals surface area contributed by atoms with Crippen LogP contribution in [0.4, 0.5) is 5.82 Å². The van der Waals surface area contributed by atoms with E-state index in [4.69, 9.17) is 5.73 Å². The summed E-state index contributed by atoms with van der Waals surface area (Å²) in [6.07, 6.45) is 8.99. The van der Waals surface area contributed by atoms with Crippen molar-refractivity contribution in [3.63, 3.8) is 0 Å². The SMILES string of the molecule is C=C/C=C\C(=C(/CN1CC(C(=O)N2CC(c3ccc(N)nc3)C2)C1)N(C)C=O)N(C)C(C)CCC(=O)NC=O.CC. The average Bonchev–Trinajstić information content (AvgIpc) is 2.93. The van der Waals surface area contributed by atoms with Crippen molar-refractivity contribution in [2.75, 3.05) is 52.6 Å². The van der Waals surface area contributed by atoms with Gasteiger partial charge in [-0.15, -0.1) is 0 Å². The van der Waals surface area contributed by atoms with E-state index in [0.717, 1.165) is 23.4 Å². The third-order valence-corrected chi connectivity index (χ3v) is 7.47. The normalized spacial score (nSPS) is 16.8. The van der Waals surface area contributed by atoms with Crippen LogP contribution in [0.5, 0.6) is 0 Å². The van der Waals surface area contributed by atoms with Gasteiger partial charge in [-0.05, 0) is 31.1 Å². The van der Waals surface area contributed by atoms with Gasteiger partial charge in [0, 0.05) is 71.4 Å². The van der Waals surface area contributed by atoms with Crippen LogP contribution in [-0.2, 0) is 19.2 Å². The van der Waals surface area contributed by atoms with Crippen LogP contribution in [-0.4, -0.2) is 102 Å². The topological polar surface area (TPSA) is 132 Å². The van der Waals surface area contributed by atoms with E-state index in [9.17, 15) is 19.2 Å². The molecule has 11 nitrogen and oxygen atoms in total. The molecule has 11 heteroatoms. The summed E-state index contributed by atoms with van der Waals surface area (Å²) in [5, 5.41) is 2.16. The summed E-state index contributed by atoms with van der Waals surface area (Å²) in [6.45, 7) is 12.8. The molecule has 3 heterocycles. The zero-order valence-electron chi connectivity index (χ0n) is 25.0. The number of nitrogens with one attached hydrogen (secondary N) is 1. The Morgan fingerprint density at radius 2 is 1.88 bits per heavy atom. The van der Waals surface area contributed by atoms with E-state index in [1.807, 2.05) is 49.8 Å². The molecule has 3 N–H and O–H groups in total. The van der Waals surface area contributed by atoms with E-state index in [1.54, 1.807) is 36.4 Å². The van der Waals surface area contributed by atoms with Crippen LogP contribution in [0.1, 0.15) is 45.1 Å². The number of aromatic nitrogens is 1. The molecule has 2 saturated heterocycles. The highest BCUT2D eigenvalue weighted by atomic mass is 16.2. The monoisotopic (exact) mass is 567 g/mol. The molecule has 0 saturated carbocycles. The molecule has 2 aliphatic heterocycles. The summed E-state index contributed by atoms with van der Waals surface area (Å²) in [4.78, 5) is 58.8.